The van der Waals surface area contributed by atoms with Gasteiger partial charge in [0.2, 0.25) is 11.8 Å². The zero-order valence-electron chi connectivity index (χ0n) is 10.4. The fourth-order valence-electron chi connectivity index (χ4n) is 2.28. The molecule has 5 nitrogen and oxygen atoms in total. The third-order valence-electron chi connectivity index (χ3n) is 3.11. The normalized spacial score (nSPS) is 19.4. The smallest absolute Gasteiger partial charge is 0.224 e. The van der Waals surface area contributed by atoms with Crippen molar-refractivity contribution in [2.24, 2.45) is 0 Å². The number of aliphatic hydroxyl groups is 1. The predicted octanol–water partition coefficient (Wildman–Crippen LogP) is 0.276. The summed E-state index contributed by atoms with van der Waals surface area (Å²) in [5.41, 5.74) is 0. The Kier molecular flexibility index (Phi) is 5.97. The summed E-state index contributed by atoms with van der Waals surface area (Å²) in [5, 5.41) is 11.4. The molecular weight excluding hydrogens is 220 g/mol. The second-order valence-corrected chi connectivity index (χ2v) is 4.48. The van der Waals surface area contributed by atoms with Gasteiger partial charge in [-0.3, -0.25) is 9.59 Å². The molecule has 0 spiro atoms. The molecule has 0 aromatic rings. The Morgan fingerprint density at radius 3 is 2.88 bits per heavy atom. The maximum atomic E-state index is 11.9. The summed E-state index contributed by atoms with van der Waals surface area (Å²) in [6, 6.07) is 0.284. The van der Waals surface area contributed by atoms with E-state index in [-0.39, 0.29) is 24.5 Å². The van der Waals surface area contributed by atoms with E-state index in [1.807, 2.05) is 4.90 Å². The summed E-state index contributed by atoms with van der Waals surface area (Å²) in [4.78, 5) is 24.5. The first-order valence-electron chi connectivity index (χ1n) is 6.30. The number of aliphatic hydroxyl groups excluding tert-OH is 1. The molecule has 1 rings (SSSR count). The second kappa shape index (κ2) is 7.27. The van der Waals surface area contributed by atoms with Crippen LogP contribution in [0.15, 0.2) is 0 Å². The molecule has 1 heterocycles. The monoisotopic (exact) mass is 242 g/mol. The maximum absolute atomic E-state index is 11.9. The maximum Gasteiger partial charge on any atom is 0.224 e. The van der Waals surface area contributed by atoms with Crippen LogP contribution < -0.4 is 5.32 Å². The highest BCUT2D eigenvalue weighted by Crippen LogP contribution is 2.21. The number of hydrogen-bond acceptors (Lipinski definition) is 3. The highest BCUT2D eigenvalue weighted by molar-refractivity contribution is 5.78. The van der Waals surface area contributed by atoms with Crippen LogP contribution in [0, 0.1) is 0 Å². The average Bonchev–Trinajstić information content (AvgIpc) is 2.73. The Labute approximate surface area is 102 Å². The number of hydrogen-bond donors (Lipinski definition) is 2. The highest BCUT2D eigenvalue weighted by atomic mass is 16.3. The number of amides is 2. The van der Waals surface area contributed by atoms with Crippen LogP contribution in [0.25, 0.3) is 0 Å². The molecule has 1 atom stereocenters. The van der Waals surface area contributed by atoms with E-state index < -0.39 is 0 Å². The minimum Gasteiger partial charge on any atom is -0.396 e. The number of carbonyl (C=O) groups excluding carboxylic acids is 2. The van der Waals surface area contributed by atoms with Gasteiger partial charge in [-0.2, -0.15) is 0 Å². The van der Waals surface area contributed by atoms with Gasteiger partial charge < -0.3 is 15.3 Å². The van der Waals surface area contributed by atoms with Crippen LogP contribution in [0.5, 0.6) is 0 Å². The van der Waals surface area contributed by atoms with Crippen LogP contribution in [-0.4, -0.2) is 47.6 Å². The largest absolute Gasteiger partial charge is 0.396 e. The van der Waals surface area contributed by atoms with Crippen molar-refractivity contribution < 1.29 is 14.7 Å². The van der Waals surface area contributed by atoms with Gasteiger partial charge in [0, 0.05) is 39.1 Å². The molecule has 2 amide bonds. The molecule has 2 N–H and O–H groups in total. The third-order valence-corrected chi connectivity index (χ3v) is 3.11. The van der Waals surface area contributed by atoms with E-state index in [4.69, 9.17) is 5.11 Å². The SMILES string of the molecule is CC(=O)NCCC(=O)N1CCCC1CCCO. The fourth-order valence-corrected chi connectivity index (χ4v) is 2.28. The topological polar surface area (TPSA) is 69.6 Å². The molecule has 0 saturated carbocycles. The first kappa shape index (κ1) is 14.0. The Morgan fingerprint density at radius 2 is 2.24 bits per heavy atom. The zero-order valence-corrected chi connectivity index (χ0v) is 10.4. The number of carbonyl (C=O) groups is 2. The van der Waals surface area contributed by atoms with Crippen molar-refractivity contribution in [3.05, 3.63) is 0 Å². The summed E-state index contributed by atoms with van der Waals surface area (Å²) in [7, 11) is 0. The summed E-state index contributed by atoms with van der Waals surface area (Å²) < 4.78 is 0. The van der Waals surface area contributed by atoms with E-state index in [0.29, 0.717) is 13.0 Å². The van der Waals surface area contributed by atoms with Crippen molar-refractivity contribution in [3.63, 3.8) is 0 Å². The van der Waals surface area contributed by atoms with Crippen LogP contribution in [-0.2, 0) is 9.59 Å². The highest BCUT2D eigenvalue weighted by Gasteiger charge is 2.27. The van der Waals surface area contributed by atoms with Crippen molar-refractivity contribution in [1.29, 1.82) is 0 Å². The minimum absolute atomic E-state index is 0.101. The van der Waals surface area contributed by atoms with Gasteiger partial charge in [0.15, 0.2) is 0 Å². The molecular formula is C12H22N2O3. The van der Waals surface area contributed by atoms with E-state index in [1.54, 1.807) is 0 Å². The molecule has 17 heavy (non-hydrogen) atoms. The fraction of sp³-hybridized carbons (Fsp3) is 0.833. The van der Waals surface area contributed by atoms with Crippen LogP contribution in [0.1, 0.15) is 39.0 Å². The van der Waals surface area contributed by atoms with Crippen molar-refractivity contribution in [2.45, 2.75) is 45.1 Å². The Hall–Kier alpha value is -1.10. The standard InChI is InChI=1S/C12H22N2O3/c1-10(16)13-7-6-12(17)14-8-2-4-11(14)5-3-9-15/h11,15H,2-9H2,1H3,(H,13,16). The van der Waals surface area contributed by atoms with Crippen LogP contribution in [0.3, 0.4) is 0 Å². The van der Waals surface area contributed by atoms with Gasteiger partial charge >= 0.3 is 0 Å². The van der Waals surface area contributed by atoms with Crippen molar-refractivity contribution >= 4 is 11.8 Å². The minimum atomic E-state index is -0.101. The lowest BCUT2D eigenvalue weighted by atomic mass is 10.1. The average molecular weight is 242 g/mol. The summed E-state index contributed by atoms with van der Waals surface area (Å²) in [6.07, 6.45) is 4.07. The third kappa shape index (κ3) is 4.73. The number of nitrogens with one attached hydrogen (secondary N) is 1. The van der Waals surface area contributed by atoms with Crippen LogP contribution in [0.2, 0.25) is 0 Å². The number of likely N-dealkylation sites (tertiary alicyclic amines) is 1. The molecule has 98 valence electrons. The van der Waals surface area contributed by atoms with Gasteiger partial charge in [-0.25, -0.2) is 0 Å². The lowest BCUT2D eigenvalue weighted by Gasteiger charge is -2.24. The molecule has 0 aromatic heterocycles. The van der Waals surface area contributed by atoms with E-state index in [9.17, 15) is 9.59 Å². The Bertz CT molecular complexity index is 268. The molecule has 1 aliphatic rings. The zero-order chi connectivity index (χ0) is 12.7. The van der Waals surface area contributed by atoms with Gasteiger partial charge in [-0.05, 0) is 25.7 Å². The molecule has 0 aliphatic carbocycles. The molecule has 5 heteroatoms. The molecule has 0 bridgehead atoms. The lowest BCUT2D eigenvalue weighted by molar-refractivity contribution is -0.132. The van der Waals surface area contributed by atoms with Gasteiger partial charge in [-0.1, -0.05) is 0 Å². The first-order valence-corrected chi connectivity index (χ1v) is 6.30. The number of rotatable bonds is 6. The van der Waals surface area contributed by atoms with Gasteiger partial charge in [0.1, 0.15) is 0 Å². The van der Waals surface area contributed by atoms with Crippen molar-refractivity contribution in [2.75, 3.05) is 19.7 Å². The molecule has 0 aromatic carbocycles. The van der Waals surface area contributed by atoms with Gasteiger partial charge in [0.25, 0.3) is 0 Å². The Balaban J connectivity index is 2.31. The van der Waals surface area contributed by atoms with E-state index in [2.05, 4.69) is 5.32 Å². The molecule has 1 saturated heterocycles. The molecule has 1 unspecified atom stereocenters. The van der Waals surface area contributed by atoms with E-state index in [1.165, 1.54) is 6.92 Å². The Morgan fingerprint density at radius 1 is 1.47 bits per heavy atom. The molecule has 1 fully saturated rings. The van der Waals surface area contributed by atoms with Crippen LogP contribution >= 0.6 is 0 Å². The molecule has 1 aliphatic heterocycles. The summed E-state index contributed by atoms with van der Waals surface area (Å²) in [5.74, 6) is 0.00948. The van der Waals surface area contributed by atoms with E-state index >= 15 is 0 Å². The molecule has 0 radical (unpaired) electrons. The summed E-state index contributed by atoms with van der Waals surface area (Å²) >= 11 is 0. The van der Waals surface area contributed by atoms with Crippen molar-refractivity contribution in [1.82, 2.24) is 10.2 Å². The number of nitrogens with zero attached hydrogens (tertiary/aromatic N) is 1. The summed E-state index contributed by atoms with van der Waals surface area (Å²) in [6.45, 7) is 2.86. The quantitative estimate of drug-likeness (QED) is 0.702. The van der Waals surface area contributed by atoms with Crippen molar-refractivity contribution in [3.8, 4) is 0 Å². The van der Waals surface area contributed by atoms with Crippen LogP contribution in [0.4, 0.5) is 0 Å². The van der Waals surface area contributed by atoms with Gasteiger partial charge in [0.05, 0.1) is 0 Å². The predicted molar refractivity (Wildman–Crippen MR) is 64.4 cm³/mol. The first-order chi connectivity index (χ1) is 8.15. The van der Waals surface area contributed by atoms with Gasteiger partial charge in [-0.15, -0.1) is 0 Å². The second-order valence-electron chi connectivity index (χ2n) is 4.48. The van der Waals surface area contributed by atoms with E-state index in [0.717, 1.165) is 32.2 Å². The lowest BCUT2D eigenvalue weighted by Crippen LogP contribution is -2.37.